The Hall–Kier alpha value is -1.26. The van der Waals surface area contributed by atoms with Crippen molar-refractivity contribution in [1.29, 1.82) is 0 Å². The number of ether oxygens (including phenoxy) is 3. The smallest absolute Gasteiger partial charge is 0.161 e. The zero-order valence-electron chi connectivity index (χ0n) is 9.95. The molecule has 0 aliphatic carbocycles. The standard InChI is InChI=1S/C12H18O4/c1-14-8-10-7-12(16-3)11(15-2)6-9(10)4-5-13/h6-7,13H,4-5,8H2,1-3H3. The van der Waals surface area contributed by atoms with Crippen molar-refractivity contribution in [3.8, 4) is 11.5 Å². The van der Waals surface area contributed by atoms with Gasteiger partial charge in [0.05, 0.1) is 20.8 Å². The van der Waals surface area contributed by atoms with Crippen molar-refractivity contribution >= 4 is 0 Å². The van der Waals surface area contributed by atoms with Crippen molar-refractivity contribution in [3.05, 3.63) is 23.3 Å². The van der Waals surface area contributed by atoms with Crippen LogP contribution in [-0.4, -0.2) is 33.0 Å². The van der Waals surface area contributed by atoms with Crippen LogP contribution in [0.2, 0.25) is 0 Å². The Morgan fingerprint density at radius 2 is 1.56 bits per heavy atom. The van der Waals surface area contributed by atoms with Gasteiger partial charge in [0.1, 0.15) is 0 Å². The minimum atomic E-state index is 0.103. The molecule has 0 unspecified atom stereocenters. The van der Waals surface area contributed by atoms with Gasteiger partial charge in [0.15, 0.2) is 11.5 Å². The quantitative estimate of drug-likeness (QED) is 0.796. The molecule has 0 aliphatic rings. The molecule has 0 atom stereocenters. The number of rotatable bonds is 6. The van der Waals surface area contributed by atoms with Crippen LogP contribution < -0.4 is 9.47 Å². The van der Waals surface area contributed by atoms with Crippen LogP contribution in [0.3, 0.4) is 0 Å². The van der Waals surface area contributed by atoms with E-state index in [-0.39, 0.29) is 6.61 Å². The molecule has 1 aromatic rings. The minimum Gasteiger partial charge on any atom is -0.493 e. The van der Waals surface area contributed by atoms with Crippen LogP contribution in [0.15, 0.2) is 12.1 Å². The van der Waals surface area contributed by atoms with Gasteiger partial charge in [0.25, 0.3) is 0 Å². The monoisotopic (exact) mass is 226 g/mol. The summed E-state index contributed by atoms with van der Waals surface area (Å²) in [5, 5.41) is 8.99. The summed E-state index contributed by atoms with van der Waals surface area (Å²) in [5.41, 5.74) is 2.02. The Balaban J connectivity index is 3.12. The van der Waals surface area contributed by atoms with E-state index in [0.717, 1.165) is 11.1 Å². The van der Waals surface area contributed by atoms with E-state index in [4.69, 9.17) is 19.3 Å². The summed E-state index contributed by atoms with van der Waals surface area (Å²) < 4.78 is 15.5. The Morgan fingerprint density at radius 1 is 1.00 bits per heavy atom. The molecular formula is C12H18O4. The highest BCUT2D eigenvalue weighted by molar-refractivity contribution is 5.47. The number of hydrogen-bond acceptors (Lipinski definition) is 4. The molecule has 0 spiro atoms. The zero-order chi connectivity index (χ0) is 12.0. The first-order valence-electron chi connectivity index (χ1n) is 5.10. The van der Waals surface area contributed by atoms with E-state index < -0.39 is 0 Å². The van der Waals surface area contributed by atoms with Gasteiger partial charge in [-0.3, -0.25) is 0 Å². The van der Waals surface area contributed by atoms with Gasteiger partial charge in [-0.15, -0.1) is 0 Å². The molecule has 16 heavy (non-hydrogen) atoms. The van der Waals surface area contributed by atoms with E-state index in [0.29, 0.717) is 24.5 Å². The fourth-order valence-corrected chi connectivity index (χ4v) is 1.61. The largest absolute Gasteiger partial charge is 0.493 e. The third kappa shape index (κ3) is 2.87. The maximum atomic E-state index is 8.99. The molecule has 0 heterocycles. The van der Waals surface area contributed by atoms with Crippen LogP contribution in [0.1, 0.15) is 11.1 Å². The molecule has 0 saturated heterocycles. The average Bonchev–Trinajstić information content (AvgIpc) is 2.31. The second-order valence-electron chi connectivity index (χ2n) is 3.38. The topological polar surface area (TPSA) is 47.9 Å². The normalized spacial score (nSPS) is 10.2. The number of aliphatic hydroxyl groups excluding tert-OH is 1. The van der Waals surface area contributed by atoms with Crippen LogP contribution in [0.5, 0.6) is 11.5 Å². The van der Waals surface area contributed by atoms with Crippen molar-refractivity contribution in [1.82, 2.24) is 0 Å². The lowest BCUT2D eigenvalue weighted by atomic mass is 10.0. The van der Waals surface area contributed by atoms with Gasteiger partial charge >= 0.3 is 0 Å². The van der Waals surface area contributed by atoms with Gasteiger partial charge in [-0.05, 0) is 29.7 Å². The summed E-state index contributed by atoms with van der Waals surface area (Å²) in [6.07, 6.45) is 0.582. The van der Waals surface area contributed by atoms with E-state index in [1.165, 1.54) is 0 Å². The number of methoxy groups -OCH3 is 3. The summed E-state index contributed by atoms with van der Waals surface area (Å²) in [6.45, 7) is 0.599. The molecule has 1 aromatic carbocycles. The molecule has 0 amide bonds. The van der Waals surface area contributed by atoms with Gasteiger partial charge in [0.2, 0.25) is 0 Å². The lowest BCUT2D eigenvalue weighted by molar-refractivity contribution is 0.183. The van der Waals surface area contributed by atoms with Gasteiger partial charge in [-0.1, -0.05) is 0 Å². The average molecular weight is 226 g/mol. The Bertz CT molecular complexity index is 303. The lowest BCUT2D eigenvalue weighted by Crippen LogP contribution is -2.02. The molecule has 0 saturated carbocycles. The molecule has 0 radical (unpaired) electrons. The summed E-state index contributed by atoms with van der Waals surface area (Å²) in [6, 6.07) is 3.76. The van der Waals surface area contributed by atoms with Crippen LogP contribution in [0, 0.1) is 0 Å². The molecule has 0 aromatic heterocycles. The molecule has 4 nitrogen and oxygen atoms in total. The second-order valence-corrected chi connectivity index (χ2v) is 3.38. The molecule has 4 heteroatoms. The molecule has 1 rings (SSSR count). The van der Waals surface area contributed by atoms with Crippen molar-refractivity contribution in [2.45, 2.75) is 13.0 Å². The third-order valence-electron chi connectivity index (χ3n) is 2.39. The lowest BCUT2D eigenvalue weighted by Gasteiger charge is -2.13. The van der Waals surface area contributed by atoms with Gasteiger partial charge in [0, 0.05) is 13.7 Å². The fourth-order valence-electron chi connectivity index (χ4n) is 1.61. The summed E-state index contributed by atoms with van der Waals surface area (Å²) in [7, 11) is 4.83. The van der Waals surface area contributed by atoms with E-state index >= 15 is 0 Å². The molecule has 90 valence electrons. The highest BCUT2D eigenvalue weighted by Gasteiger charge is 2.10. The van der Waals surface area contributed by atoms with E-state index in [1.54, 1.807) is 21.3 Å². The highest BCUT2D eigenvalue weighted by atomic mass is 16.5. The van der Waals surface area contributed by atoms with Crippen molar-refractivity contribution < 1.29 is 19.3 Å². The van der Waals surface area contributed by atoms with Crippen molar-refractivity contribution in [3.63, 3.8) is 0 Å². The summed E-state index contributed by atoms with van der Waals surface area (Å²) in [5.74, 6) is 1.35. The summed E-state index contributed by atoms with van der Waals surface area (Å²) in [4.78, 5) is 0. The second kappa shape index (κ2) is 6.35. The maximum absolute atomic E-state index is 8.99. The Labute approximate surface area is 95.8 Å². The fraction of sp³-hybridized carbons (Fsp3) is 0.500. The van der Waals surface area contributed by atoms with E-state index in [1.807, 2.05) is 12.1 Å². The maximum Gasteiger partial charge on any atom is 0.161 e. The van der Waals surface area contributed by atoms with Crippen LogP contribution in [0.25, 0.3) is 0 Å². The van der Waals surface area contributed by atoms with E-state index in [2.05, 4.69) is 0 Å². The van der Waals surface area contributed by atoms with Crippen LogP contribution in [0.4, 0.5) is 0 Å². The molecule has 0 aliphatic heterocycles. The first kappa shape index (κ1) is 12.8. The highest BCUT2D eigenvalue weighted by Crippen LogP contribution is 2.31. The minimum absolute atomic E-state index is 0.103. The molecule has 0 bridgehead atoms. The first-order valence-corrected chi connectivity index (χ1v) is 5.10. The summed E-state index contributed by atoms with van der Waals surface area (Å²) >= 11 is 0. The number of aliphatic hydroxyl groups is 1. The predicted molar refractivity (Wildman–Crippen MR) is 61.0 cm³/mol. The number of benzene rings is 1. The predicted octanol–water partition coefficient (Wildman–Crippen LogP) is 1.39. The Morgan fingerprint density at radius 3 is 2.00 bits per heavy atom. The van der Waals surface area contributed by atoms with Gasteiger partial charge in [-0.25, -0.2) is 0 Å². The van der Waals surface area contributed by atoms with Crippen molar-refractivity contribution in [2.24, 2.45) is 0 Å². The van der Waals surface area contributed by atoms with Crippen LogP contribution >= 0.6 is 0 Å². The number of hydrogen-bond donors (Lipinski definition) is 1. The molecule has 1 N–H and O–H groups in total. The molecular weight excluding hydrogens is 208 g/mol. The van der Waals surface area contributed by atoms with Crippen molar-refractivity contribution in [2.75, 3.05) is 27.9 Å². The zero-order valence-corrected chi connectivity index (χ0v) is 9.95. The SMILES string of the molecule is COCc1cc(OC)c(OC)cc1CCO. The molecule has 0 fully saturated rings. The van der Waals surface area contributed by atoms with E-state index in [9.17, 15) is 0 Å². The van der Waals surface area contributed by atoms with Gasteiger partial charge < -0.3 is 19.3 Å². The van der Waals surface area contributed by atoms with Crippen LogP contribution in [-0.2, 0) is 17.8 Å². The third-order valence-corrected chi connectivity index (χ3v) is 2.39. The first-order chi connectivity index (χ1) is 7.76. The Kier molecular flexibility index (Phi) is 5.08. The van der Waals surface area contributed by atoms with Gasteiger partial charge in [-0.2, -0.15) is 0 Å².